The van der Waals surface area contributed by atoms with Crippen molar-refractivity contribution in [2.75, 3.05) is 13.7 Å². The number of nitrogens with zero attached hydrogens (tertiary/aromatic N) is 1. The van der Waals surface area contributed by atoms with Crippen molar-refractivity contribution in [3.63, 3.8) is 0 Å². The van der Waals surface area contributed by atoms with Crippen molar-refractivity contribution >= 4 is 0 Å². The lowest BCUT2D eigenvalue weighted by Crippen LogP contribution is -2.07. The standard InChI is InChI=1S/C20H23N3O/c1-15-18(14-21-2)20(23-22-15)17-10-6-7-11-19(17)24-13-12-16-8-4-3-5-9-16/h3-11,21H,12-14H2,1-2H3,(H,22,23). The molecule has 0 aliphatic rings. The Morgan fingerprint density at radius 3 is 2.58 bits per heavy atom. The molecular formula is C20H23N3O. The minimum absolute atomic E-state index is 0.645. The van der Waals surface area contributed by atoms with Crippen LogP contribution in [-0.2, 0) is 13.0 Å². The SMILES string of the molecule is CNCc1c(-c2ccccc2OCCc2ccccc2)n[nH]c1C. The van der Waals surface area contributed by atoms with E-state index in [0.717, 1.165) is 35.7 Å². The Kier molecular flexibility index (Phi) is 5.29. The quantitative estimate of drug-likeness (QED) is 0.697. The van der Waals surface area contributed by atoms with E-state index in [4.69, 9.17) is 4.74 Å². The minimum Gasteiger partial charge on any atom is -0.493 e. The summed E-state index contributed by atoms with van der Waals surface area (Å²) in [6, 6.07) is 18.5. The van der Waals surface area contributed by atoms with Crippen LogP contribution in [0.25, 0.3) is 11.3 Å². The van der Waals surface area contributed by atoms with Gasteiger partial charge in [0, 0.05) is 29.8 Å². The Morgan fingerprint density at radius 2 is 1.79 bits per heavy atom. The van der Waals surface area contributed by atoms with Crippen LogP contribution in [0.4, 0.5) is 0 Å². The Hall–Kier alpha value is -2.59. The molecule has 0 fully saturated rings. The molecule has 0 aliphatic heterocycles. The number of hydrogen-bond donors (Lipinski definition) is 2. The van der Waals surface area contributed by atoms with E-state index in [2.05, 4.69) is 45.8 Å². The molecule has 2 aromatic carbocycles. The second-order valence-electron chi connectivity index (χ2n) is 5.79. The minimum atomic E-state index is 0.645. The third-order valence-corrected chi connectivity index (χ3v) is 4.06. The lowest BCUT2D eigenvalue weighted by atomic mass is 10.0. The molecule has 0 spiro atoms. The molecule has 0 bridgehead atoms. The molecule has 3 aromatic rings. The van der Waals surface area contributed by atoms with Gasteiger partial charge in [0.15, 0.2) is 0 Å². The topological polar surface area (TPSA) is 49.9 Å². The van der Waals surface area contributed by atoms with Crippen LogP contribution in [0.1, 0.15) is 16.8 Å². The van der Waals surface area contributed by atoms with Crippen LogP contribution >= 0.6 is 0 Å². The molecule has 24 heavy (non-hydrogen) atoms. The van der Waals surface area contributed by atoms with E-state index in [1.807, 2.05) is 38.2 Å². The number of aromatic amines is 1. The van der Waals surface area contributed by atoms with Gasteiger partial charge in [-0.2, -0.15) is 5.10 Å². The van der Waals surface area contributed by atoms with Crippen molar-refractivity contribution in [3.05, 3.63) is 71.4 Å². The normalized spacial score (nSPS) is 10.8. The fraction of sp³-hybridized carbons (Fsp3) is 0.250. The molecule has 0 unspecified atom stereocenters. The lowest BCUT2D eigenvalue weighted by Gasteiger charge is -2.11. The maximum Gasteiger partial charge on any atom is 0.128 e. The molecule has 3 rings (SSSR count). The van der Waals surface area contributed by atoms with Crippen LogP contribution in [0.2, 0.25) is 0 Å². The highest BCUT2D eigenvalue weighted by molar-refractivity contribution is 5.70. The fourth-order valence-corrected chi connectivity index (χ4v) is 2.78. The molecular weight excluding hydrogens is 298 g/mol. The van der Waals surface area contributed by atoms with Gasteiger partial charge in [-0.25, -0.2) is 0 Å². The monoisotopic (exact) mass is 321 g/mol. The summed E-state index contributed by atoms with van der Waals surface area (Å²) in [5.41, 5.74) is 5.52. The van der Waals surface area contributed by atoms with Gasteiger partial charge < -0.3 is 10.1 Å². The average molecular weight is 321 g/mol. The van der Waals surface area contributed by atoms with Gasteiger partial charge in [-0.05, 0) is 31.7 Å². The van der Waals surface area contributed by atoms with E-state index in [0.29, 0.717) is 6.61 Å². The smallest absolute Gasteiger partial charge is 0.128 e. The maximum atomic E-state index is 6.06. The Morgan fingerprint density at radius 1 is 1.04 bits per heavy atom. The number of aryl methyl sites for hydroxylation is 1. The number of rotatable bonds is 7. The van der Waals surface area contributed by atoms with Crippen LogP contribution in [0.15, 0.2) is 54.6 Å². The molecule has 1 heterocycles. The van der Waals surface area contributed by atoms with Crippen molar-refractivity contribution in [2.24, 2.45) is 0 Å². The van der Waals surface area contributed by atoms with E-state index in [-0.39, 0.29) is 0 Å². The van der Waals surface area contributed by atoms with Crippen molar-refractivity contribution in [3.8, 4) is 17.0 Å². The second-order valence-corrected chi connectivity index (χ2v) is 5.79. The van der Waals surface area contributed by atoms with Crippen molar-refractivity contribution in [2.45, 2.75) is 19.9 Å². The van der Waals surface area contributed by atoms with Gasteiger partial charge in [-0.1, -0.05) is 42.5 Å². The van der Waals surface area contributed by atoms with Gasteiger partial charge in [0.05, 0.1) is 6.61 Å². The summed E-state index contributed by atoms with van der Waals surface area (Å²) in [6.07, 6.45) is 0.887. The Labute approximate surface area is 142 Å². The van der Waals surface area contributed by atoms with Crippen LogP contribution < -0.4 is 10.1 Å². The zero-order valence-electron chi connectivity index (χ0n) is 14.2. The predicted molar refractivity (Wildman–Crippen MR) is 97.2 cm³/mol. The first kappa shape index (κ1) is 16.3. The van der Waals surface area contributed by atoms with Gasteiger partial charge in [0.25, 0.3) is 0 Å². The predicted octanol–water partition coefficient (Wildman–Crippen LogP) is 3.73. The summed E-state index contributed by atoms with van der Waals surface area (Å²) >= 11 is 0. The van der Waals surface area contributed by atoms with Crippen molar-refractivity contribution in [1.29, 1.82) is 0 Å². The largest absolute Gasteiger partial charge is 0.493 e. The molecule has 0 radical (unpaired) electrons. The summed E-state index contributed by atoms with van der Waals surface area (Å²) < 4.78 is 6.06. The molecule has 0 amide bonds. The summed E-state index contributed by atoms with van der Waals surface area (Å²) in [7, 11) is 1.94. The molecule has 2 N–H and O–H groups in total. The number of hydrogen-bond acceptors (Lipinski definition) is 3. The highest BCUT2D eigenvalue weighted by atomic mass is 16.5. The zero-order valence-corrected chi connectivity index (χ0v) is 14.2. The molecule has 0 atom stereocenters. The number of para-hydroxylation sites is 1. The summed E-state index contributed by atoms with van der Waals surface area (Å²) in [6.45, 7) is 3.46. The number of H-pyrrole nitrogens is 1. The molecule has 0 aliphatic carbocycles. The van der Waals surface area contributed by atoms with Gasteiger partial charge in [-0.3, -0.25) is 5.10 Å². The number of benzene rings is 2. The van der Waals surface area contributed by atoms with Crippen LogP contribution in [0.3, 0.4) is 0 Å². The van der Waals surface area contributed by atoms with E-state index in [9.17, 15) is 0 Å². The fourth-order valence-electron chi connectivity index (χ4n) is 2.78. The highest BCUT2D eigenvalue weighted by Crippen LogP contribution is 2.32. The second kappa shape index (κ2) is 7.79. The van der Waals surface area contributed by atoms with E-state index in [1.54, 1.807) is 0 Å². The van der Waals surface area contributed by atoms with E-state index >= 15 is 0 Å². The molecule has 1 aromatic heterocycles. The van der Waals surface area contributed by atoms with E-state index < -0.39 is 0 Å². The van der Waals surface area contributed by atoms with Gasteiger partial charge in [-0.15, -0.1) is 0 Å². The average Bonchev–Trinajstić information content (AvgIpc) is 2.97. The van der Waals surface area contributed by atoms with E-state index in [1.165, 1.54) is 11.1 Å². The van der Waals surface area contributed by atoms with Gasteiger partial charge >= 0.3 is 0 Å². The number of aromatic nitrogens is 2. The first-order chi connectivity index (χ1) is 11.8. The number of nitrogens with one attached hydrogen (secondary N) is 2. The molecule has 124 valence electrons. The Bertz CT molecular complexity index is 781. The first-order valence-corrected chi connectivity index (χ1v) is 8.24. The Balaban J connectivity index is 1.78. The summed E-state index contributed by atoms with van der Waals surface area (Å²) in [4.78, 5) is 0. The number of ether oxygens (including phenoxy) is 1. The van der Waals surface area contributed by atoms with Gasteiger partial charge in [0.2, 0.25) is 0 Å². The van der Waals surface area contributed by atoms with Crippen molar-refractivity contribution < 1.29 is 4.74 Å². The zero-order chi connectivity index (χ0) is 16.8. The molecule has 4 heteroatoms. The van der Waals surface area contributed by atoms with Crippen LogP contribution in [0, 0.1) is 6.92 Å². The summed E-state index contributed by atoms with van der Waals surface area (Å²) in [5.74, 6) is 0.872. The molecule has 4 nitrogen and oxygen atoms in total. The maximum absolute atomic E-state index is 6.06. The first-order valence-electron chi connectivity index (χ1n) is 8.24. The lowest BCUT2D eigenvalue weighted by molar-refractivity contribution is 0.323. The molecule has 0 saturated carbocycles. The molecule has 0 saturated heterocycles. The van der Waals surface area contributed by atoms with Crippen LogP contribution in [0.5, 0.6) is 5.75 Å². The summed E-state index contributed by atoms with van der Waals surface area (Å²) in [5, 5.41) is 10.8. The third-order valence-electron chi connectivity index (χ3n) is 4.06. The third kappa shape index (κ3) is 3.66. The highest BCUT2D eigenvalue weighted by Gasteiger charge is 2.15. The van der Waals surface area contributed by atoms with Gasteiger partial charge in [0.1, 0.15) is 11.4 Å². The van der Waals surface area contributed by atoms with Crippen molar-refractivity contribution in [1.82, 2.24) is 15.5 Å². The van der Waals surface area contributed by atoms with Crippen LogP contribution in [-0.4, -0.2) is 23.9 Å².